The van der Waals surface area contributed by atoms with Crippen LogP contribution in [-0.2, 0) is 19.5 Å². The Bertz CT molecular complexity index is 1470. The van der Waals surface area contributed by atoms with Gasteiger partial charge in [0.1, 0.15) is 18.0 Å². The SMILES string of the molecule is O=C(Nc1ccc(F)cc1)Nc1cccc(CNc2ncnc3c2cnn3CCc2ccccc2)c1. The summed E-state index contributed by atoms with van der Waals surface area (Å²) in [6.07, 6.45) is 4.17. The smallest absolute Gasteiger partial charge is 0.323 e. The molecular weight excluding hydrogens is 457 g/mol. The Morgan fingerprint density at radius 3 is 2.47 bits per heavy atom. The van der Waals surface area contributed by atoms with E-state index in [9.17, 15) is 9.18 Å². The fourth-order valence-electron chi connectivity index (χ4n) is 3.85. The van der Waals surface area contributed by atoms with Crippen LogP contribution in [0, 0.1) is 5.82 Å². The summed E-state index contributed by atoms with van der Waals surface area (Å²) in [4.78, 5) is 21.1. The predicted octanol–water partition coefficient (Wildman–Crippen LogP) is 5.46. The first-order valence-corrected chi connectivity index (χ1v) is 11.5. The zero-order chi connectivity index (χ0) is 24.7. The number of aryl methyl sites for hydroxylation is 2. The molecule has 0 saturated carbocycles. The summed E-state index contributed by atoms with van der Waals surface area (Å²) < 4.78 is 14.9. The lowest BCUT2D eigenvalue weighted by molar-refractivity contribution is 0.262. The minimum absolute atomic E-state index is 0.360. The standard InChI is InChI=1S/C27H24FN7O/c28-21-9-11-22(12-10-21)33-27(36)34-23-8-4-7-20(15-23)16-29-25-24-17-32-35(26(24)31-18-30-25)14-13-19-5-2-1-3-6-19/h1-12,15,17-18H,13-14,16H2,(H,29,30,31)(H2,33,34,36). The highest BCUT2D eigenvalue weighted by atomic mass is 19.1. The molecule has 36 heavy (non-hydrogen) atoms. The monoisotopic (exact) mass is 481 g/mol. The molecule has 180 valence electrons. The van der Waals surface area contributed by atoms with E-state index < -0.39 is 6.03 Å². The molecule has 2 heterocycles. The summed E-state index contributed by atoms with van der Waals surface area (Å²) in [5, 5.41) is 14.2. The molecule has 0 saturated heterocycles. The largest absolute Gasteiger partial charge is 0.365 e. The van der Waals surface area contributed by atoms with Gasteiger partial charge in [0.25, 0.3) is 0 Å². The minimum atomic E-state index is -0.410. The van der Waals surface area contributed by atoms with Gasteiger partial charge >= 0.3 is 6.03 Å². The highest BCUT2D eigenvalue weighted by molar-refractivity contribution is 5.99. The third kappa shape index (κ3) is 5.64. The van der Waals surface area contributed by atoms with Gasteiger partial charge in [-0.3, -0.25) is 0 Å². The Hall–Kier alpha value is -4.79. The van der Waals surface area contributed by atoms with Crippen molar-refractivity contribution in [1.29, 1.82) is 0 Å². The molecule has 0 spiro atoms. The second kappa shape index (κ2) is 10.6. The summed E-state index contributed by atoms with van der Waals surface area (Å²) in [5.74, 6) is 0.333. The van der Waals surface area contributed by atoms with Gasteiger partial charge < -0.3 is 16.0 Å². The van der Waals surface area contributed by atoms with Crippen LogP contribution in [0.2, 0.25) is 0 Å². The molecule has 0 aliphatic heterocycles. The van der Waals surface area contributed by atoms with Gasteiger partial charge in [-0.25, -0.2) is 23.8 Å². The maximum absolute atomic E-state index is 13.0. The summed E-state index contributed by atoms with van der Waals surface area (Å²) in [7, 11) is 0. The third-order valence-corrected chi connectivity index (χ3v) is 5.64. The first kappa shape index (κ1) is 23.0. The second-order valence-electron chi connectivity index (χ2n) is 8.20. The van der Waals surface area contributed by atoms with Crippen LogP contribution in [0.3, 0.4) is 0 Å². The molecule has 5 rings (SSSR count). The fraction of sp³-hybridized carbons (Fsp3) is 0.111. The lowest BCUT2D eigenvalue weighted by Gasteiger charge is -2.10. The fourth-order valence-corrected chi connectivity index (χ4v) is 3.85. The van der Waals surface area contributed by atoms with Crippen LogP contribution in [0.15, 0.2) is 91.4 Å². The maximum atomic E-state index is 13.0. The highest BCUT2D eigenvalue weighted by Crippen LogP contribution is 2.20. The molecule has 0 atom stereocenters. The summed E-state index contributed by atoms with van der Waals surface area (Å²) in [6, 6.07) is 22.9. The average molecular weight is 482 g/mol. The number of rotatable bonds is 8. The van der Waals surface area contributed by atoms with E-state index in [1.165, 1.54) is 36.2 Å². The molecule has 3 N–H and O–H groups in total. The van der Waals surface area contributed by atoms with E-state index in [-0.39, 0.29) is 5.82 Å². The van der Waals surface area contributed by atoms with E-state index in [1.54, 1.807) is 12.3 Å². The molecule has 0 radical (unpaired) electrons. The Morgan fingerprint density at radius 1 is 0.861 bits per heavy atom. The van der Waals surface area contributed by atoms with Gasteiger partial charge in [-0.2, -0.15) is 5.10 Å². The molecule has 5 aromatic rings. The molecule has 0 fully saturated rings. The molecule has 2 amide bonds. The maximum Gasteiger partial charge on any atom is 0.323 e. The van der Waals surface area contributed by atoms with Crippen molar-refractivity contribution in [3.05, 3.63) is 108 Å². The van der Waals surface area contributed by atoms with Crippen molar-refractivity contribution in [2.24, 2.45) is 0 Å². The second-order valence-corrected chi connectivity index (χ2v) is 8.20. The predicted molar refractivity (Wildman–Crippen MR) is 138 cm³/mol. The van der Waals surface area contributed by atoms with Gasteiger partial charge in [0, 0.05) is 24.5 Å². The Morgan fingerprint density at radius 2 is 1.64 bits per heavy atom. The number of benzene rings is 3. The highest BCUT2D eigenvalue weighted by Gasteiger charge is 2.10. The molecule has 8 nitrogen and oxygen atoms in total. The Balaban J connectivity index is 1.21. The topological polar surface area (TPSA) is 96.8 Å². The van der Waals surface area contributed by atoms with Crippen LogP contribution in [-0.4, -0.2) is 25.8 Å². The van der Waals surface area contributed by atoms with E-state index in [2.05, 4.69) is 43.1 Å². The van der Waals surface area contributed by atoms with E-state index in [1.807, 2.05) is 41.1 Å². The van der Waals surface area contributed by atoms with Crippen molar-refractivity contribution in [1.82, 2.24) is 19.7 Å². The Kier molecular flexibility index (Phi) is 6.79. The number of urea groups is 1. The number of aromatic nitrogens is 4. The van der Waals surface area contributed by atoms with Crippen LogP contribution in [0.1, 0.15) is 11.1 Å². The van der Waals surface area contributed by atoms with E-state index in [4.69, 9.17) is 0 Å². The van der Waals surface area contributed by atoms with Crippen LogP contribution in [0.25, 0.3) is 11.0 Å². The van der Waals surface area contributed by atoms with Crippen LogP contribution < -0.4 is 16.0 Å². The number of fused-ring (bicyclic) bond motifs is 1. The number of carbonyl (C=O) groups is 1. The van der Waals surface area contributed by atoms with Crippen molar-refractivity contribution in [3.63, 3.8) is 0 Å². The molecule has 0 aliphatic rings. The lowest BCUT2D eigenvalue weighted by Crippen LogP contribution is -2.19. The number of anilines is 3. The van der Waals surface area contributed by atoms with Crippen LogP contribution in [0.5, 0.6) is 0 Å². The zero-order valence-electron chi connectivity index (χ0n) is 19.4. The van der Waals surface area contributed by atoms with Crippen molar-refractivity contribution in [2.45, 2.75) is 19.5 Å². The summed E-state index contributed by atoms with van der Waals surface area (Å²) >= 11 is 0. The van der Waals surface area contributed by atoms with Crippen molar-refractivity contribution >= 4 is 34.3 Å². The molecule has 3 aromatic carbocycles. The summed E-state index contributed by atoms with van der Waals surface area (Å²) in [5.41, 5.74) is 4.11. The summed E-state index contributed by atoms with van der Waals surface area (Å²) in [6.45, 7) is 1.22. The van der Waals surface area contributed by atoms with Crippen molar-refractivity contribution < 1.29 is 9.18 Å². The van der Waals surface area contributed by atoms with E-state index >= 15 is 0 Å². The van der Waals surface area contributed by atoms with Crippen molar-refractivity contribution in [3.8, 4) is 0 Å². The number of nitrogens with zero attached hydrogens (tertiary/aromatic N) is 4. The van der Waals surface area contributed by atoms with E-state index in [0.29, 0.717) is 23.7 Å². The van der Waals surface area contributed by atoms with Gasteiger partial charge in [-0.15, -0.1) is 0 Å². The van der Waals surface area contributed by atoms with Gasteiger partial charge in [0.2, 0.25) is 0 Å². The molecule has 0 bridgehead atoms. The molecule has 0 unspecified atom stereocenters. The number of carbonyl (C=O) groups excluding carboxylic acids is 1. The first-order valence-electron chi connectivity index (χ1n) is 11.5. The number of nitrogens with one attached hydrogen (secondary N) is 3. The number of hydrogen-bond acceptors (Lipinski definition) is 5. The van der Waals surface area contributed by atoms with Gasteiger partial charge in [0.05, 0.1) is 11.6 Å². The minimum Gasteiger partial charge on any atom is -0.365 e. The molecule has 2 aromatic heterocycles. The van der Waals surface area contributed by atoms with Crippen LogP contribution in [0.4, 0.5) is 26.4 Å². The van der Waals surface area contributed by atoms with Crippen LogP contribution >= 0.6 is 0 Å². The number of halogens is 1. The van der Waals surface area contributed by atoms with Crippen molar-refractivity contribution in [2.75, 3.05) is 16.0 Å². The van der Waals surface area contributed by atoms with E-state index in [0.717, 1.165) is 29.6 Å². The molecule has 9 heteroatoms. The third-order valence-electron chi connectivity index (χ3n) is 5.64. The first-order chi connectivity index (χ1) is 17.6. The van der Waals surface area contributed by atoms with Gasteiger partial charge in [-0.1, -0.05) is 42.5 Å². The Labute approximate surface area is 207 Å². The van der Waals surface area contributed by atoms with Gasteiger partial charge in [-0.05, 0) is 53.9 Å². The quantitative estimate of drug-likeness (QED) is 0.273. The zero-order valence-corrected chi connectivity index (χ0v) is 19.4. The van der Waals surface area contributed by atoms with Gasteiger partial charge in [0.15, 0.2) is 5.65 Å². The molecule has 0 aliphatic carbocycles. The normalized spacial score (nSPS) is 10.8. The average Bonchev–Trinajstić information content (AvgIpc) is 3.32. The lowest BCUT2D eigenvalue weighted by atomic mass is 10.1. The molecular formula is C27H24FN7O. The number of hydrogen-bond donors (Lipinski definition) is 3. The number of amides is 2.